The number of alkyl halides is 3. The quantitative estimate of drug-likeness (QED) is 0.428. The molecule has 6 heteroatoms. The molecule has 0 spiro atoms. The minimum atomic E-state index is -1.42. The minimum absolute atomic E-state index is 0.0398. The molecule has 0 aromatic carbocycles. The smallest absolute Gasteiger partial charge is 0.223 e. The van der Waals surface area contributed by atoms with Crippen molar-refractivity contribution in [1.29, 1.82) is 0 Å². The summed E-state index contributed by atoms with van der Waals surface area (Å²) < 4.78 is 3.39. The molecule has 0 N–H and O–H groups in total. The van der Waals surface area contributed by atoms with Crippen LogP contribution in [0.15, 0.2) is 0 Å². The lowest BCUT2D eigenvalue weighted by Gasteiger charge is -2.09. The molecule has 0 saturated heterocycles. The van der Waals surface area contributed by atoms with Crippen molar-refractivity contribution >= 4 is 51.6 Å². The van der Waals surface area contributed by atoms with E-state index in [0.29, 0.717) is 0 Å². The second kappa shape index (κ2) is 5.44. The van der Waals surface area contributed by atoms with E-state index in [-0.39, 0.29) is 19.6 Å². The molecule has 0 aromatic heterocycles. The molecule has 0 saturated carbocycles. The topological polar surface area (TPSA) is 26.3 Å². The van der Waals surface area contributed by atoms with Crippen molar-refractivity contribution in [3.63, 3.8) is 0 Å². The monoisotopic (exact) mass is 238 g/mol. The van der Waals surface area contributed by atoms with Crippen molar-refractivity contribution in [1.82, 2.24) is 0 Å². The van der Waals surface area contributed by atoms with Crippen molar-refractivity contribution in [2.24, 2.45) is 0 Å². The fraction of sp³-hybridized carbons (Fsp3) is 0.800. The highest BCUT2D eigenvalue weighted by Crippen LogP contribution is 2.25. The number of carbonyl (C=O) groups is 1. The molecule has 0 aliphatic heterocycles. The van der Waals surface area contributed by atoms with E-state index in [1.807, 2.05) is 0 Å². The largest absolute Gasteiger partial charge is 0.377 e. The summed E-state index contributed by atoms with van der Waals surface area (Å²) in [5.41, 5.74) is 0. The molecule has 0 aliphatic carbocycles. The van der Waals surface area contributed by atoms with Gasteiger partial charge in [-0.3, -0.25) is 4.79 Å². The third-order valence-corrected chi connectivity index (χ3v) is 1.22. The molecule has 0 radical (unpaired) electrons. The molecular weight excluding hydrogens is 234 g/mol. The summed E-state index contributed by atoms with van der Waals surface area (Å²) in [4.78, 5) is 10.2. The standard InChI is InChI=1S/C5H6Cl4O2/c6-4(10)1-2-11-3-5(7,8)9/h1-3H2. The number of hydrogen-bond donors (Lipinski definition) is 0. The highest BCUT2D eigenvalue weighted by Gasteiger charge is 2.19. The van der Waals surface area contributed by atoms with Gasteiger partial charge >= 0.3 is 0 Å². The zero-order chi connectivity index (χ0) is 8.91. The number of ether oxygens (including phenoxy) is 1. The third-order valence-electron chi connectivity index (χ3n) is 0.709. The van der Waals surface area contributed by atoms with Crippen LogP contribution < -0.4 is 0 Å². The highest BCUT2D eigenvalue weighted by atomic mass is 35.6. The summed E-state index contributed by atoms with van der Waals surface area (Å²) in [5, 5.41) is -0.464. The van der Waals surface area contributed by atoms with Crippen LogP contribution in [0.25, 0.3) is 0 Å². The highest BCUT2D eigenvalue weighted by molar-refractivity contribution is 6.67. The first kappa shape index (κ1) is 11.8. The van der Waals surface area contributed by atoms with Crippen molar-refractivity contribution in [2.45, 2.75) is 10.2 Å². The lowest BCUT2D eigenvalue weighted by atomic mass is 10.5. The number of rotatable bonds is 4. The molecule has 0 amide bonds. The fourth-order valence-corrected chi connectivity index (χ4v) is 0.649. The van der Waals surface area contributed by atoms with Crippen LogP contribution in [0.2, 0.25) is 0 Å². The Balaban J connectivity index is 3.22. The molecule has 2 nitrogen and oxygen atoms in total. The summed E-state index contributed by atoms with van der Waals surface area (Å²) in [6.07, 6.45) is 0.127. The normalized spacial score (nSPS) is 11.6. The zero-order valence-electron chi connectivity index (χ0n) is 5.45. The molecule has 66 valence electrons. The van der Waals surface area contributed by atoms with Crippen LogP contribution in [-0.2, 0) is 9.53 Å². The lowest BCUT2D eigenvalue weighted by molar-refractivity contribution is -0.112. The van der Waals surface area contributed by atoms with Crippen molar-refractivity contribution in [3.8, 4) is 0 Å². The molecule has 0 unspecified atom stereocenters. The molecular formula is C5H6Cl4O2. The third kappa shape index (κ3) is 10.8. The first-order chi connectivity index (χ1) is 4.92. The SMILES string of the molecule is O=C(Cl)CCOCC(Cl)(Cl)Cl. The Morgan fingerprint density at radius 3 is 2.27 bits per heavy atom. The Bertz CT molecular complexity index is 131. The Morgan fingerprint density at radius 1 is 1.36 bits per heavy atom. The molecule has 0 heterocycles. The molecule has 0 rings (SSSR count). The minimum Gasteiger partial charge on any atom is -0.377 e. The van der Waals surface area contributed by atoms with Crippen LogP contribution in [0.1, 0.15) is 6.42 Å². The maximum absolute atomic E-state index is 10.2. The second-order valence-corrected chi connectivity index (χ2v) is 4.71. The number of carbonyl (C=O) groups excluding carboxylic acids is 1. The van der Waals surface area contributed by atoms with Crippen LogP contribution in [0.4, 0.5) is 0 Å². The summed E-state index contributed by atoms with van der Waals surface area (Å²) in [6.45, 7) is 0.137. The summed E-state index contributed by atoms with van der Waals surface area (Å²) in [7, 11) is 0. The van der Waals surface area contributed by atoms with Gasteiger partial charge in [-0.05, 0) is 11.6 Å². The van der Waals surface area contributed by atoms with Gasteiger partial charge in [-0.15, -0.1) is 0 Å². The molecule has 0 aliphatic rings. The van der Waals surface area contributed by atoms with Crippen molar-refractivity contribution < 1.29 is 9.53 Å². The van der Waals surface area contributed by atoms with E-state index in [4.69, 9.17) is 51.1 Å². The van der Waals surface area contributed by atoms with Gasteiger partial charge in [-0.1, -0.05) is 34.8 Å². The maximum Gasteiger partial charge on any atom is 0.223 e. The molecule has 0 atom stereocenters. The Kier molecular flexibility index (Phi) is 5.83. The van der Waals surface area contributed by atoms with Crippen LogP contribution >= 0.6 is 46.4 Å². The molecule has 0 fully saturated rings. The lowest BCUT2D eigenvalue weighted by Crippen LogP contribution is -2.14. The van der Waals surface area contributed by atoms with E-state index >= 15 is 0 Å². The first-order valence-electron chi connectivity index (χ1n) is 2.74. The average molecular weight is 240 g/mol. The predicted molar refractivity (Wildman–Crippen MR) is 46.6 cm³/mol. The Labute approximate surface area is 84.7 Å². The van der Waals surface area contributed by atoms with E-state index in [1.165, 1.54) is 0 Å². The van der Waals surface area contributed by atoms with E-state index < -0.39 is 9.03 Å². The van der Waals surface area contributed by atoms with Crippen LogP contribution in [-0.4, -0.2) is 22.2 Å². The Hall–Kier alpha value is 0.790. The van der Waals surface area contributed by atoms with Gasteiger partial charge < -0.3 is 4.74 Å². The summed E-state index contributed by atoms with van der Waals surface area (Å²) in [5.74, 6) is 0. The molecule has 0 bridgehead atoms. The van der Waals surface area contributed by atoms with Gasteiger partial charge in [0.2, 0.25) is 9.03 Å². The van der Waals surface area contributed by atoms with Gasteiger partial charge in [0.25, 0.3) is 0 Å². The summed E-state index contributed by atoms with van der Waals surface area (Å²) >= 11 is 21.0. The van der Waals surface area contributed by atoms with Gasteiger partial charge in [0.1, 0.15) is 0 Å². The van der Waals surface area contributed by atoms with Gasteiger partial charge in [0.15, 0.2) is 0 Å². The van der Waals surface area contributed by atoms with Gasteiger partial charge in [0, 0.05) is 6.42 Å². The van der Waals surface area contributed by atoms with Gasteiger partial charge in [-0.2, -0.15) is 0 Å². The van der Waals surface area contributed by atoms with E-state index in [0.717, 1.165) is 0 Å². The first-order valence-corrected chi connectivity index (χ1v) is 4.26. The maximum atomic E-state index is 10.2. The van der Waals surface area contributed by atoms with Crippen molar-refractivity contribution in [3.05, 3.63) is 0 Å². The second-order valence-electron chi connectivity index (χ2n) is 1.77. The van der Waals surface area contributed by atoms with Crippen LogP contribution in [0.3, 0.4) is 0 Å². The van der Waals surface area contributed by atoms with Crippen molar-refractivity contribution in [2.75, 3.05) is 13.2 Å². The zero-order valence-corrected chi connectivity index (χ0v) is 8.47. The Morgan fingerprint density at radius 2 is 1.91 bits per heavy atom. The van der Waals surface area contributed by atoms with E-state index in [1.54, 1.807) is 0 Å². The number of halogens is 4. The average Bonchev–Trinajstić information content (AvgIpc) is 1.78. The summed E-state index contributed by atoms with van der Waals surface area (Å²) in [6, 6.07) is 0. The van der Waals surface area contributed by atoms with Crippen LogP contribution in [0, 0.1) is 0 Å². The van der Waals surface area contributed by atoms with Gasteiger partial charge in [0.05, 0.1) is 13.2 Å². The van der Waals surface area contributed by atoms with Crippen LogP contribution in [0.5, 0.6) is 0 Å². The molecule has 11 heavy (non-hydrogen) atoms. The predicted octanol–water partition coefficient (Wildman–Crippen LogP) is 2.53. The molecule has 0 aromatic rings. The number of hydrogen-bond acceptors (Lipinski definition) is 2. The van der Waals surface area contributed by atoms with Gasteiger partial charge in [-0.25, -0.2) is 0 Å². The fourth-order valence-electron chi connectivity index (χ4n) is 0.340. The van der Waals surface area contributed by atoms with E-state index in [2.05, 4.69) is 0 Å². The van der Waals surface area contributed by atoms with E-state index in [9.17, 15) is 4.79 Å².